The van der Waals surface area contributed by atoms with Crippen LogP contribution in [0.2, 0.25) is 0 Å². The van der Waals surface area contributed by atoms with Crippen LogP contribution in [0.5, 0.6) is 0 Å². The van der Waals surface area contributed by atoms with E-state index in [1.165, 1.54) is 24.3 Å². The zero-order valence-electron chi connectivity index (χ0n) is 18.2. The molecule has 7 heteroatoms. The van der Waals surface area contributed by atoms with Crippen molar-refractivity contribution >= 4 is 17.5 Å². The highest BCUT2D eigenvalue weighted by Gasteiger charge is 2.18. The van der Waals surface area contributed by atoms with Gasteiger partial charge in [-0.15, -0.1) is 0 Å². The molecule has 0 aliphatic rings. The predicted molar refractivity (Wildman–Crippen MR) is 120 cm³/mol. The van der Waals surface area contributed by atoms with Crippen LogP contribution in [0.3, 0.4) is 0 Å². The SMILES string of the molecule is Cc1cccc(C(=O)NCc2ccc(F)c(CN(C)C)c2)c1NC(=O)c1ccccc1F. The van der Waals surface area contributed by atoms with Crippen molar-refractivity contribution in [2.45, 2.75) is 20.0 Å². The second-order valence-corrected chi connectivity index (χ2v) is 7.78. The average molecular weight is 437 g/mol. The van der Waals surface area contributed by atoms with Crippen molar-refractivity contribution < 1.29 is 18.4 Å². The van der Waals surface area contributed by atoms with Crippen LogP contribution in [-0.4, -0.2) is 30.8 Å². The summed E-state index contributed by atoms with van der Waals surface area (Å²) in [4.78, 5) is 27.3. The van der Waals surface area contributed by atoms with E-state index in [4.69, 9.17) is 0 Å². The van der Waals surface area contributed by atoms with E-state index in [1.807, 2.05) is 19.0 Å². The number of halogens is 2. The van der Waals surface area contributed by atoms with Crippen LogP contribution in [0, 0.1) is 18.6 Å². The maximum Gasteiger partial charge on any atom is 0.258 e. The predicted octanol–water partition coefficient (Wildman–Crippen LogP) is 4.52. The van der Waals surface area contributed by atoms with Crippen molar-refractivity contribution in [3.8, 4) is 0 Å². The molecule has 0 aromatic heterocycles. The second-order valence-electron chi connectivity index (χ2n) is 7.78. The number of hydrogen-bond donors (Lipinski definition) is 2. The number of carbonyl (C=O) groups excluding carboxylic acids is 2. The average Bonchev–Trinajstić information content (AvgIpc) is 2.75. The number of nitrogens with zero attached hydrogens (tertiary/aromatic N) is 1. The largest absolute Gasteiger partial charge is 0.348 e. The lowest BCUT2D eigenvalue weighted by molar-refractivity contribution is 0.0951. The summed E-state index contributed by atoms with van der Waals surface area (Å²) in [7, 11) is 3.70. The standard InChI is InChI=1S/C25H25F2N3O2/c1-16-7-6-9-20(23(16)29-25(32)19-8-4-5-10-22(19)27)24(31)28-14-17-11-12-21(26)18(13-17)15-30(2)3/h4-13H,14-15H2,1-3H3,(H,28,31)(H,29,32). The quantitative estimate of drug-likeness (QED) is 0.572. The van der Waals surface area contributed by atoms with Gasteiger partial charge in [0.25, 0.3) is 11.8 Å². The van der Waals surface area contributed by atoms with Crippen LogP contribution in [0.25, 0.3) is 0 Å². The van der Waals surface area contributed by atoms with Crippen molar-refractivity contribution in [2.24, 2.45) is 0 Å². The highest BCUT2D eigenvalue weighted by Crippen LogP contribution is 2.22. The number of amides is 2. The number of carbonyl (C=O) groups is 2. The van der Waals surface area contributed by atoms with Gasteiger partial charge in [-0.3, -0.25) is 9.59 Å². The van der Waals surface area contributed by atoms with Gasteiger partial charge in [-0.2, -0.15) is 0 Å². The Balaban J connectivity index is 1.77. The monoisotopic (exact) mass is 437 g/mol. The fourth-order valence-corrected chi connectivity index (χ4v) is 3.33. The molecule has 0 aliphatic carbocycles. The van der Waals surface area contributed by atoms with Gasteiger partial charge >= 0.3 is 0 Å². The Hall–Kier alpha value is -3.58. The molecular weight excluding hydrogens is 412 g/mol. The number of aryl methyl sites for hydroxylation is 1. The van der Waals surface area contributed by atoms with Crippen molar-refractivity contribution in [1.29, 1.82) is 0 Å². The molecule has 0 saturated carbocycles. The minimum Gasteiger partial charge on any atom is -0.348 e. The summed E-state index contributed by atoms with van der Waals surface area (Å²) in [6, 6.07) is 15.4. The van der Waals surface area contributed by atoms with E-state index in [1.54, 1.807) is 43.3 Å². The summed E-state index contributed by atoms with van der Waals surface area (Å²) in [6.07, 6.45) is 0. The van der Waals surface area contributed by atoms with Gasteiger partial charge in [-0.05, 0) is 62.5 Å². The van der Waals surface area contributed by atoms with Gasteiger partial charge in [0.1, 0.15) is 11.6 Å². The topological polar surface area (TPSA) is 61.4 Å². The highest BCUT2D eigenvalue weighted by molar-refractivity contribution is 6.09. The Morgan fingerprint density at radius 1 is 0.875 bits per heavy atom. The lowest BCUT2D eigenvalue weighted by Gasteiger charge is -2.15. The van der Waals surface area contributed by atoms with E-state index in [9.17, 15) is 18.4 Å². The van der Waals surface area contributed by atoms with Gasteiger partial charge in [0.05, 0.1) is 16.8 Å². The van der Waals surface area contributed by atoms with Crippen LogP contribution >= 0.6 is 0 Å². The maximum atomic E-state index is 14.0. The van der Waals surface area contributed by atoms with Crippen molar-refractivity contribution in [2.75, 3.05) is 19.4 Å². The Morgan fingerprint density at radius 3 is 2.31 bits per heavy atom. The maximum absolute atomic E-state index is 14.0. The van der Waals surface area contributed by atoms with Gasteiger partial charge in [-0.25, -0.2) is 8.78 Å². The molecule has 3 aromatic rings. The van der Waals surface area contributed by atoms with E-state index in [0.29, 0.717) is 23.4 Å². The molecule has 0 heterocycles. The third-order valence-corrected chi connectivity index (χ3v) is 4.92. The number of hydrogen-bond acceptors (Lipinski definition) is 3. The molecule has 0 fully saturated rings. The fourth-order valence-electron chi connectivity index (χ4n) is 3.33. The molecule has 2 amide bonds. The normalized spacial score (nSPS) is 10.8. The van der Waals surface area contributed by atoms with Gasteiger partial charge in [0.15, 0.2) is 0 Å². The molecule has 0 unspecified atom stereocenters. The second kappa shape index (κ2) is 10.2. The smallest absolute Gasteiger partial charge is 0.258 e. The molecule has 166 valence electrons. The molecule has 0 radical (unpaired) electrons. The molecule has 0 aliphatic heterocycles. The third kappa shape index (κ3) is 5.56. The first-order valence-electron chi connectivity index (χ1n) is 10.1. The zero-order chi connectivity index (χ0) is 23.3. The Bertz CT molecular complexity index is 1150. The van der Waals surface area contributed by atoms with Crippen LogP contribution in [0.4, 0.5) is 14.5 Å². The number of para-hydroxylation sites is 1. The van der Waals surface area contributed by atoms with Crippen LogP contribution in [-0.2, 0) is 13.1 Å². The number of nitrogens with one attached hydrogen (secondary N) is 2. The van der Waals surface area contributed by atoms with E-state index < -0.39 is 17.6 Å². The first-order valence-corrected chi connectivity index (χ1v) is 10.1. The minimum absolute atomic E-state index is 0.109. The highest BCUT2D eigenvalue weighted by atomic mass is 19.1. The molecule has 0 spiro atoms. The van der Waals surface area contributed by atoms with Crippen LogP contribution in [0.15, 0.2) is 60.7 Å². The first kappa shape index (κ1) is 23.1. The molecule has 0 bridgehead atoms. The van der Waals surface area contributed by atoms with Gasteiger partial charge in [0, 0.05) is 18.7 Å². The molecule has 3 rings (SSSR count). The fraction of sp³-hybridized carbons (Fsp3) is 0.200. The van der Waals surface area contributed by atoms with Gasteiger partial charge < -0.3 is 15.5 Å². The Kier molecular flexibility index (Phi) is 7.33. The third-order valence-electron chi connectivity index (χ3n) is 4.92. The van der Waals surface area contributed by atoms with E-state index >= 15 is 0 Å². The van der Waals surface area contributed by atoms with Gasteiger partial charge in [-0.1, -0.05) is 30.3 Å². The molecule has 0 atom stereocenters. The summed E-state index contributed by atoms with van der Waals surface area (Å²) in [5.74, 6) is -1.99. The Labute approximate surface area is 186 Å². The van der Waals surface area contributed by atoms with Crippen LogP contribution < -0.4 is 10.6 Å². The summed E-state index contributed by atoms with van der Waals surface area (Å²) in [5, 5.41) is 5.47. The van der Waals surface area contributed by atoms with Crippen molar-refractivity contribution in [3.05, 3.63) is 100 Å². The number of benzene rings is 3. The van der Waals surface area contributed by atoms with E-state index in [0.717, 1.165) is 5.56 Å². The first-order chi connectivity index (χ1) is 15.3. The molecule has 2 N–H and O–H groups in total. The van der Waals surface area contributed by atoms with E-state index in [-0.39, 0.29) is 23.5 Å². The zero-order valence-corrected chi connectivity index (χ0v) is 18.2. The minimum atomic E-state index is -0.644. The van der Waals surface area contributed by atoms with Crippen LogP contribution in [0.1, 0.15) is 37.4 Å². The number of rotatable bonds is 7. The summed E-state index contributed by atoms with van der Waals surface area (Å²) < 4.78 is 28.0. The van der Waals surface area contributed by atoms with Gasteiger partial charge in [0.2, 0.25) is 0 Å². The molecule has 3 aromatic carbocycles. The molecular formula is C25H25F2N3O2. The summed E-state index contributed by atoms with van der Waals surface area (Å²) in [6.45, 7) is 2.38. The lowest BCUT2D eigenvalue weighted by atomic mass is 10.1. The number of anilines is 1. The Morgan fingerprint density at radius 2 is 1.59 bits per heavy atom. The summed E-state index contributed by atoms with van der Waals surface area (Å²) in [5.41, 5.74) is 2.41. The van der Waals surface area contributed by atoms with Crippen molar-refractivity contribution in [3.63, 3.8) is 0 Å². The molecule has 32 heavy (non-hydrogen) atoms. The van der Waals surface area contributed by atoms with Crippen molar-refractivity contribution in [1.82, 2.24) is 10.2 Å². The molecule has 5 nitrogen and oxygen atoms in total. The lowest BCUT2D eigenvalue weighted by Crippen LogP contribution is -2.25. The summed E-state index contributed by atoms with van der Waals surface area (Å²) >= 11 is 0. The molecule has 0 saturated heterocycles. The van der Waals surface area contributed by atoms with E-state index in [2.05, 4.69) is 10.6 Å².